The molecule has 130 valence electrons. The number of rotatable bonds is 4. The number of carbonyl (C=O) groups excluding carboxylic acids is 1. The number of phenols is 1. The lowest BCUT2D eigenvalue weighted by Gasteiger charge is -2.28. The molecule has 1 unspecified atom stereocenters. The van der Waals surface area contributed by atoms with Crippen molar-refractivity contribution in [3.63, 3.8) is 0 Å². The van der Waals surface area contributed by atoms with Crippen LogP contribution in [-0.4, -0.2) is 17.3 Å². The highest BCUT2D eigenvalue weighted by molar-refractivity contribution is 5.66. The minimum absolute atomic E-state index is 0.155. The molecule has 1 rings (SSSR count). The molecule has 0 fully saturated rings. The molecule has 4 heteroatoms. The van der Waals surface area contributed by atoms with Crippen LogP contribution in [0.3, 0.4) is 0 Å². The molecular formula is C19H31NO3. The molecule has 0 amide bonds. The summed E-state index contributed by atoms with van der Waals surface area (Å²) >= 11 is 0. The lowest BCUT2D eigenvalue weighted by atomic mass is 9.78. The van der Waals surface area contributed by atoms with E-state index in [2.05, 4.69) is 41.5 Å². The normalized spacial score (nSPS) is 13.7. The molecule has 0 aliphatic carbocycles. The maximum absolute atomic E-state index is 10.9. The van der Waals surface area contributed by atoms with Crippen molar-refractivity contribution in [2.45, 2.75) is 78.4 Å². The highest BCUT2D eigenvalue weighted by Crippen LogP contribution is 2.39. The number of esters is 1. The number of aryl methyl sites for hydroxylation is 1. The van der Waals surface area contributed by atoms with Gasteiger partial charge in [-0.05, 0) is 33.9 Å². The fraction of sp³-hybridized carbons (Fsp3) is 0.632. The summed E-state index contributed by atoms with van der Waals surface area (Å²) < 4.78 is 4.98. The van der Waals surface area contributed by atoms with Crippen LogP contribution >= 0.6 is 0 Å². The number of hydrogen-bond acceptors (Lipinski definition) is 4. The predicted octanol–water partition coefficient (Wildman–Crippen LogP) is 3.77. The Balaban J connectivity index is 3.16. The Kier molecular flexibility index (Phi) is 5.86. The molecule has 4 nitrogen and oxygen atoms in total. The van der Waals surface area contributed by atoms with Gasteiger partial charge in [0.2, 0.25) is 0 Å². The van der Waals surface area contributed by atoms with Crippen LogP contribution in [-0.2, 0) is 26.8 Å². The molecule has 0 heterocycles. The van der Waals surface area contributed by atoms with Gasteiger partial charge in [0.15, 0.2) is 6.23 Å². The van der Waals surface area contributed by atoms with E-state index in [1.54, 1.807) is 0 Å². The van der Waals surface area contributed by atoms with Gasteiger partial charge in [0.25, 0.3) is 0 Å². The first-order chi connectivity index (χ1) is 10.3. The molecule has 1 atom stereocenters. The van der Waals surface area contributed by atoms with E-state index < -0.39 is 6.23 Å². The number of phenolic OH excluding ortho intramolecular Hbond substituents is 1. The van der Waals surface area contributed by atoms with Gasteiger partial charge in [-0.3, -0.25) is 10.5 Å². The highest BCUT2D eigenvalue weighted by Gasteiger charge is 2.26. The van der Waals surface area contributed by atoms with Gasteiger partial charge in [-0.15, -0.1) is 0 Å². The third kappa shape index (κ3) is 5.54. The molecule has 0 radical (unpaired) electrons. The largest absolute Gasteiger partial charge is 0.507 e. The average Bonchev–Trinajstić information content (AvgIpc) is 2.33. The smallest absolute Gasteiger partial charge is 0.304 e. The standard InChI is InChI=1S/C19H31NO3/c1-12(21)23-16(20)9-8-13-10-14(18(2,3)4)17(22)15(11-13)19(5,6)7/h10-11,16,22H,8-9,20H2,1-7H3. The van der Waals surface area contributed by atoms with E-state index in [-0.39, 0.29) is 16.8 Å². The molecule has 0 saturated carbocycles. The van der Waals surface area contributed by atoms with Crippen LogP contribution < -0.4 is 5.73 Å². The highest BCUT2D eigenvalue weighted by atomic mass is 16.5. The van der Waals surface area contributed by atoms with Crippen molar-refractivity contribution in [1.82, 2.24) is 0 Å². The van der Waals surface area contributed by atoms with Crippen LogP contribution in [0.1, 0.15) is 71.6 Å². The number of ether oxygens (including phenoxy) is 1. The van der Waals surface area contributed by atoms with E-state index in [0.29, 0.717) is 18.6 Å². The zero-order valence-corrected chi connectivity index (χ0v) is 15.5. The average molecular weight is 321 g/mol. The van der Waals surface area contributed by atoms with Gasteiger partial charge < -0.3 is 9.84 Å². The molecule has 1 aromatic rings. The lowest BCUT2D eigenvalue weighted by Crippen LogP contribution is -2.26. The van der Waals surface area contributed by atoms with Crippen LogP contribution in [0, 0.1) is 0 Å². The minimum atomic E-state index is -0.600. The summed E-state index contributed by atoms with van der Waals surface area (Å²) in [5.74, 6) is 0.00648. The molecule has 0 aliphatic heterocycles. The van der Waals surface area contributed by atoms with Gasteiger partial charge in [0.05, 0.1) is 0 Å². The van der Waals surface area contributed by atoms with Crippen molar-refractivity contribution in [1.29, 1.82) is 0 Å². The monoisotopic (exact) mass is 321 g/mol. The van der Waals surface area contributed by atoms with E-state index >= 15 is 0 Å². The Morgan fingerprint density at radius 1 is 1.13 bits per heavy atom. The van der Waals surface area contributed by atoms with Crippen molar-refractivity contribution in [3.8, 4) is 5.75 Å². The zero-order valence-electron chi connectivity index (χ0n) is 15.5. The second-order valence-electron chi connectivity index (χ2n) is 8.23. The first kappa shape index (κ1) is 19.5. The minimum Gasteiger partial charge on any atom is -0.507 e. The summed E-state index contributed by atoms with van der Waals surface area (Å²) in [5, 5.41) is 10.7. The number of nitrogens with two attached hydrogens (primary N) is 1. The van der Waals surface area contributed by atoms with Crippen LogP contribution in [0.15, 0.2) is 12.1 Å². The third-order valence-corrected chi connectivity index (χ3v) is 3.82. The van der Waals surface area contributed by atoms with Crippen molar-refractivity contribution >= 4 is 5.97 Å². The van der Waals surface area contributed by atoms with Gasteiger partial charge in [0.1, 0.15) is 5.75 Å². The van der Waals surface area contributed by atoms with Crippen LogP contribution in [0.4, 0.5) is 0 Å². The third-order valence-electron chi connectivity index (χ3n) is 3.82. The van der Waals surface area contributed by atoms with E-state index in [1.807, 2.05) is 12.1 Å². The van der Waals surface area contributed by atoms with Crippen LogP contribution in [0.2, 0.25) is 0 Å². The Bertz CT molecular complexity index is 530. The summed E-state index contributed by atoms with van der Waals surface area (Å²) in [6.45, 7) is 13.9. The Labute approximate surface area is 140 Å². The van der Waals surface area contributed by atoms with Gasteiger partial charge in [-0.2, -0.15) is 0 Å². The second-order valence-corrected chi connectivity index (χ2v) is 8.23. The predicted molar refractivity (Wildman–Crippen MR) is 93.6 cm³/mol. The summed E-state index contributed by atoms with van der Waals surface area (Å²) in [6, 6.07) is 4.07. The molecule has 0 aromatic heterocycles. The summed E-state index contributed by atoms with van der Waals surface area (Å²) in [6.07, 6.45) is 0.649. The molecule has 0 spiro atoms. The Morgan fingerprint density at radius 3 is 1.91 bits per heavy atom. The number of hydrogen-bond donors (Lipinski definition) is 2. The molecule has 0 saturated heterocycles. The SMILES string of the molecule is CC(=O)OC(N)CCc1cc(C(C)(C)C)c(O)c(C(C)(C)C)c1. The number of benzene rings is 1. The van der Waals surface area contributed by atoms with Gasteiger partial charge >= 0.3 is 5.97 Å². The maximum Gasteiger partial charge on any atom is 0.304 e. The fourth-order valence-corrected chi connectivity index (χ4v) is 2.56. The van der Waals surface area contributed by atoms with Gasteiger partial charge in [-0.1, -0.05) is 53.7 Å². The van der Waals surface area contributed by atoms with Crippen molar-refractivity contribution in [3.05, 3.63) is 28.8 Å². The number of aromatic hydroxyl groups is 1. The zero-order chi connectivity index (χ0) is 18.0. The Hall–Kier alpha value is -1.55. The van der Waals surface area contributed by atoms with Gasteiger partial charge in [-0.25, -0.2) is 0 Å². The van der Waals surface area contributed by atoms with Gasteiger partial charge in [0, 0.05) is 13.3 Å². The fourth-order valence-electron chi connectivity index (χ4n) is 2.56. The van der Waals surface area contributed by atoms with E-state index in [4.69, 9.17) is 10.5 Å². The Morgan fingerprint density at radius 2 is 1.57 bits per heavy atom. The maximum atomic E-state index is 10.9. The van der Waals surface area contributed by atoms with E-state index in [9.17, 15) is 9.90 Å². The van der Waals surface area contributed by atoms with Crippen LogP contribution in [0.5, 0.6) is 5.75 Å². The van der Waals surface area contributed by atoms with Crippen molar-refractivity contribution in [2.24, 2.45) is 5.73 Å². The molecular weight excluding hydrogens is 290 g/mol. The first-order valence-corrected chi connectivity index (χ1v) is 8.12. The van der Waals surface area contributed by atoms with E-state index in [0.717, 1.165) is 16.7 Å². The van der Waals surface area contributed by atoms with Crippen molar-refractivity contribution < 1.29 is 14.6 Å². The second kappa shape index (κ2) is 6.91. The molecule has 0 bridgehead atoms. The summed E-state index contributed by atoms with van der Waals surface area (Å²) in [4.78, 5) is 10.9. The molecule has 1 aromatic carbocycles. The lowest BCUT2D eigenvalue weighted by molar-refractivity contribution is -0.146. The molecule has 3 N–H and O–H groups in total. The summed E-state index contributed by atoms with van der Waals surface area (Å²) in [7, 11) is 0. The van der Waals surface area contributed by atoms with Crippen molar-refractivity contribution in [2.75, 3.05) is 0 Å². The van der Waals surface area contributed by atoms with Crippen LogP contribution in [0.25, 0.3) is 0 Å². The quantitative estimate of drug-likeness (QED) is 0.654. The number of carbonyl (C=O) groups is 1. The summed E-state index contributed by atoms with van der Waals surface area (Å²) in [5.41, 5.74) is 8.46. The topological polar surface area (TPSA) is 72.5 Å². The molecule has 23 heavy (non-hydrogen) atoms. The molecule has 0 aliphatic rings. The van der Waals surface area contributed by atoms with E-state index in [1.165, 1.54) is 6.92 Å². The first-order valence-electron chi connectivity index (χ1n) is 8.12.